The van der Waals surface area contributed by atoms with E-state index in [9.17, 15) is 9.59 Å². The van der Waals surface area contributed by atoms with E-state index in [0.717, 1.165) is 15.8 Å². The number of pyridine rings is 1. The van der Waals surface area contributed by atoms with Crippen LogP contribution in [0.25, 0.3) is 22.3 Å². The molecule has 0 unspecified atom stereocenters. The number of benzene rings is 2. The normalized spacial score (nSPS) is 13.2. The summed E-state index contributed by atoms with van der Waals surface area (Å²) < 4.78 is 7.71. The second kappa shape index (κ2) is 6.77. The molecule has 0 bridgehead atoms. The molecule has 2 aromatic carbocycles. The third-order valence-corrected chi connectivity index (χ3v) is 5.68. The Balaban J connectivity index is 1.72. The highest BCUT2D eigenvalue weighted by Crippen LogP contribution is 2.37. The lowest BCUT2D eigenvalue weighted by Crippen LogP contribution is -2.29. The van der Waals surface area contributed by atoms with Gasteiger partial charge in [0.25, 0.3) is 11.8 Å². The standard InChI is InChI=1S/C22H15BrN4O3/c1-26-20-18(19(25-26)12-3-9-15(30-2)10-4-12)17-16(11-24-20)21(28)27(22(17)29)14-7-5-13(23)6-8-14/h3-11H,1-2H3. The van der Waals surface area contributed by atoms with Crippen LogP contribution in [0.5, 0.6) is 5.75 Å². The topological polar surface area (TPSA) is 77.3 Å². The minimum absolute atomic E-state index is 0.276. The van der Waals surface area contributed by atoms with Crippen molar-refractivity contribution < 1.29 is 14.3 Å². The lowest BCUT2D eigenvalue weighted by Gasteiger charge is -2.13. The van der Waals surface area contributed by atoms with Crippen LogP contribution in [0.4, 0.5) is 5.69 Å². The van der Waals surface area contributed by atoms with E-state index in [2.05, 4.69) is 26.0 Å². The first-order chi connectivity index (χ1) is 14.5. The van der Waals surface area contributed by atoms with Crippen molar-refractivity contribution in [1.82, 2.24) is 14.8 Å². The number of carbonyl (C=O) groups excluding carboxylic acids is 2. The number of imide groups is 1. The van der Waals surface area contributed by atoms with Crippen molar-refractivity contribution in [3.8, 4) is 17.0 Å². The monoisotopic (exact) mass is 462 g/mol. The van der Waals surface area contributed by atoms with Crippen LogP contribution in [-0.2, 0) is 7.05 Å². The molecule has 0 spiro atoms. The predicted octanol–water partition coefficient (Wildman–Crippen LogP) is 4.21. The average Bonchev–Trinajstić information content (AvgIpc) is 3.23. The van der Waals surface area contributed by atoms with Gasteiger partial charge in [0.15, 0.2) is 5.65 Å². The lowest BCUT2D eigenvalue weighted by molar-refractivity contribution is 0.0926. The molecule has 2 amide bonds. The van der Waals surface area contributed by atoms with E-state index in [4.69, 9.17) is 4.74 Å². The number of aromatic nitrogens is 3. The number of ether oxygens (including phenoxy) is 1. The first-order valence-corrected chi connectivity index (χ1v) is 9.93. The minimum Gasteiger partial charge on any atom is -0.497 e. The van der Waals surface area contributed by atoms with Crippen molar-refractivity contribution in [2.24, 2.45) is 7.05 Å². The molecule has 1 aliphatic heterocycles. The quantitative estimate of drug-likeness (QED) is 0.426. The molecule has 2 aromatic heterocycles. The molecule has 0 radical (unpaired) electrons. The fraction of sp³-hybridized carbons (Fsp3) is 0.0909. The van der Waals surface area contributed by atoms with Crippen molar-refractivity contribution >= 4 is 44.5 Å². The minimum atomic E-state index is -0.392. The highest BCUT2D eigenvalue weighted by atomic mass is 79.9. The summed E-state index contributed by atoms with van der Waals surface area (Å²) in [5.74, 6) is -0.0567. The molecule has 148 valence electrons. The van der Waals surface area contributed by atoms with Crippen molar-refractivity contribution in [3.63, 3.8) is 0 Å². The van der Waals surface area contributed by atoms with Gasteiger partial charge in [0.2, 0.25) is 0 Å². The molecule has 0 saturated carbocycles. The predicted molar refractivity (Wildman–Crippen MR) is 116 cm³/mol. The van der Waals surface area contributed by atoms with Gasteiger partial charge in [0.1, 0.15) is 11.4 Å². The highest BCUT2D eigenvalue weighted by Gasteiger charge is 2.40. The van der Waals surface area contributed by atoms with Crippen LogP contribution in [0.3, 0.4) is 0 Å². The molecule has 30 heavy (non-hydrogen) atoms. The molecule has 4 aromatic rings. The Kier molecular flexibility index (Phi) is 4.18. The number of rotatable bonds is 3. The van der Waals surface area contributed by atoms with Crippen molar-refractivity contribution in [3.05, 3.63) is 70.3 Å². The van der Waals surface area contributed by atoms with Gasteiger partial charge >= 0.3 is 0 Å². The maximum atomic E-state index is 13.4. The SMILES string of the molecule is COc1ccc(-c2nn(C)c3ncc4c(c23)C(=O)N(c2ccc(Br)cc2)C4=O)cc1. The Morgan fingerprint density at radius 2 is 1.67 bits per heavy atom. The van der Waals surface area contributed by atoms with Gasteiger partial charge in [-0.25, -0.2) is 14.6 Å². The summed E-state index contributed by atoms with van der Waals surface area (Å²) in [7, 11) is 3.37. The third-order valence-electron chi connectivity index (χ3n) is 5.15. The molecule has 0 saturated heterocycles. The van der Waals surface area contributed by atoms with Crippen LogP contribution in [-0.4, -0.2) is 33.7 Å². The molecular weight excluding hydrogens is 448 g/mol. The molecule has 0 atom stereocenters. The first-order valence-electron chi connectivity index (χ1n) is 9.14. The van der Waals surface area contributed by atoms with Gasteiger partial charge in [0.05, 0.1) is 29.3 Å². The number of nitrogens with zero attached hydrogens (tertiary/aromatic N) is 4. The molecule has 8 heteroatoms. The van der Waals surface area contributed by atoms with E-state index in [-0.39, 0.29) is 11.5 Å². The summed E-state index contributed by atoms with van der Waals surface area (Å²) in [5.41, 5.74) is 3.05. The Hall–Kier alpha value is -3.52. The number of methoxy groups -OCH3 is 1. The number of fused-ring (bicyclic) bond motifs is 3. The van der Waals surface area contributed by atoms with Gasteiger partial charge in [-0.2, -0.15) is 5.10 Å². The van der Waals surface area contributed by atoms with Crippen LogP contribution in [0.1, 0.15) is 20.7 Å². The summed E-state index contributed by atoms with van der Waals surface area (Å²) in [6.45, 7) is 0. The van der Waals surface area contributed by atoms with Crippen LogP contribution in [0, 0.1) is 0 Å². The number of hydrogen-bond donors (Lipinski definition) is 0. The molecule has 3 heterocycles. The number of amides is 2. The zero-order chi connectivity index (χ0) is 21.0. The zero-order valence-electron chi connectivity index (χ0n) is 16.1. The summed E-state index contributed by atoms with van der Waals surface area (Å²) in [5, 5.41) is 5.15. The Bertz CT molecular complexity index is 1330. The second-order valence-electron chi connectivity index (χ2n) is 6.87. The summed E-state index contributed by atoms with van der Waals surface area (Å²) in [4.78, 5) is 32.1. The van der Waals surface area contributed by atoms with E-state index < -0.39 is 5.91 Å². The fourth-order valence-electron chi connectivity index (χ4n) is 3.70. The van der Waals surface area contributed by atoms with Gasteiger partial charge in [-0.15, -0.1) is 0 Å². The van der Waals surface area contributed by atoms with Crippen LogP contribution < -0.4 is 9.64 Å². The lowest BCUT2D eigenvalue weighted by atomic mass is 10.0. The fourth-order valence-corrected chi connectivity index (χ4v) is 3.97. The van der Waals surface area contributed by atoms with Crippen LogP contribution in [0.2, 0.25) is 0 Å². The second-order valence-corrected chi connectivity index (χ2v) is 7.78. The first kappa shape index (κ1) is 18.5. The van der Waals surface area contributed by atoms with E-state index >= 15 is 0 Å². The van der Waals surface area contributed by atoms with Gasteiger partial charge in [-0.1, -0.05) is 15.9 Å². The Labute approximate surface area is 180 Å². The highest BCUT2D eigenvalue weighted by molar-refractivity contribution is 9.10. The number of anilines is 1. The number of aryl methyl sites for hydroxylation is 1. The van der Waals surface area contributed by atoms with Crippen LogP contribution >= 0.6 is 15.9 Å². The van der Waals surface area contributed by atoms with Crippen molar-refractivity contribution in [2.45, 2.75) is 0 Å². The molecule has 5 rings (SSSR count). The largest absolute Gasteiger partial charge is 0.497 e. The Morgan fingerprint density at radius 3 is 2.33 bits per heavy atom. The number of hydrogen-bond acceptors (Lipinski definition) is 5. The third kappa shape index (κ3) is 2.64. The number of carbonyl (C=O) groups is 2. The summed E-state index contributed by atoms with van der Waals surface area (Å²) >= 11 is 3.38. The smallest absolute Gasteiger partial charge is 0.267 e. The molecular formula is C22H15BrN4O3. The summed E-state index contributed by atoms with van der Waals surface area (Å²) in [6, 6.07) is 14.4. The maximum absolute atomic E-state index is 13.4. The maximum Gasteiger partial charge on any atom is 0.267 e. The molecule has 7 nitrogen and oxygen atoms in total. The Morgan fingerprint density at radius 1 is 0.967 bits per heavy atom. The van der Waals surface area contributed by atoms with E-state index in [1.807, 2.05) is 24.3 Å². The van der Waals surface area contributed by atoms with E-state index in [1.54, 1.807) is 43.1 Å². The summed E-state index contributed by atoms with van der Waals surface area (Å²) in [6.07, 6.45) is 1.45. The van der Waals surface area contributed by atoms with Crippen molar-refractivity contribution in [2.75, 3.05) is 12.0 Å². The van der Waals surface area contributed by atoms with Crippen molar-refractivity contribution in [1.29, 1.82) is 0 Å². The molecule has 0 N–H and O–H groups in total. The van der Waals surface area contributed by atoms with E-state index in [0.29, 0.717) is 28.0 Å². The average molecular weight is 463 g/mol. The number of halogens is 1. The van der Waals surface area contributed by atoms with Gasteiger partial charge in [-0.3, -0.25) is 9.59 Å². The molecule has 1 aliphatic rings. The zero-order valence-corrected chi connectivity index (χ0v) is 17.7. The van der Waals surface area contributed by atoms with E-state index in [1.165, 1.54) is 11.1 Å². The van der Waals surface area contributed by atoms with Gasteiger partial charge < -0.3 is 4.74 Å². The van der Waals surface area contributed by atoms with Gasteiger partial charge in [-0.05, 0) is 48.5 Å². The molecule has 0 fully saturated rings. The van der Waals surface area contributed by atoms with Gasteiger partial charge in [0, 0.05) is 23.3 Å². The molecule has 0 aliphatic carbocycles. The van der Waals surface area contributed by atoms with Crippen LogP contribution in [0.15, 0.2) is 59.2 Å².